The van der Waals surface area contributed by atoms with Crippen molar-refractivity contribution in [1.82, 2.24) is 5.32 Å². The number of benzene rings is 1. The maximum atomic E-state index is 12.0. The van der Waals surface area contributed by atoms with Gasteiger partial charge in [0.1, 0.15) is 0 Å². The van der Waals surface area contributed by atoms with E-state index in [9.17, 15) is 9.59 Å². The predicted octanol–water partition coefficient (Wildman–Crippen LogP) is 3.47. The molecule has 2 N–H and O–H groups in total. The Hall–Kier alpha value is -1.26. The number of carboxylic acid groups (broad SMARTS) is 1. The number of carbonyl (C=O) groups is 2. The lowest BCUT2D eigenvalue weighted by Crippen LogP contribution is -2.26. The average molecular weight is 330 g/mol. The van der Waals surface area contributed by atoms with Gasteiger partial charge in [0.05, 0.1) is 10.0 Å². The molecule has 2 atom stereocenters. The van der Waals surface area contributed by atoms with E-state index in [0.29, 0.717) is 29.4 Å². The summed E-state index contributed by atoms with van der Waals surface area (Å²) in [7, 11) is 0. The molecule has 0 radical (unpaired) electrons. The molecule has 6 heteroatoms. The van der Waals surface area contributed by atoms with Gasteiger partial charge in [-0.05, 0) is 36.8 Å². The van der Waals surface area contributed by atoms with Crippen LogP contribution in [-0.4, -0.2) is 23.5 Å². The van der Waals surface area contributed by atoms with Crippen molar-refractivity contribution in [2.75, 3.05) is 6.54 Å². The summed E-state index contributed by atoms with van der Waals surface area (Å²) in [5, 5.41) is 12.4. The van der Waals surface area contributed by atoms with Crippen LogP contribution in [0.3, 0.4) is 0 Å². The minimum absolute atomic E-state index is 0.00590. The third-order valence-corrected chi connectivity index (χ3v) is 4.46. The Kier molecular flexibility index (Phi) is 5.48. The fourth-order valence-corrected chi connectivity index (χ4v) is 2.83. The van der Waals surface area contributed by atoms with E-state index in [1.165, 1.54) is 0 Å². The van der Waals surface area contributed by atoms with Crippen molar-refractivity contribution in [3.8, 4) is 0 Å². The summed E-state index contributed by atoms with van der Waals surface area (Å²) in [6, 6.07) is 5.47. The van der Waals surface area contributed by atoms with Gasteiger partial charge >= 0.3 is 5.97 Å². The van der Waals surface area contributed by atoms with E-state index in [-0.39, 0.29) is 24.2 Å². The van der Waals surface area contributed by atoms with Crippen LogP contribution in [0, 0.1) is 5.92 Å². The highest BCUT2D eigenvalue weighted by Crippen LogP contribution is 2.50. The van der Waals surface area contributed by atoms with Crippen LogP contribution in [0.25, 0.3) is 0 Å². The Morgan fingerprint density at radius 3 is 2.76 bits per heavy atom. The number of rotatable bonds is 7. The molecule has 0 aliphatic heterocycles. The Morgan fingerprint density at radius 2 is 2.05 bits per heavy atom. The van der Waals surface area contributed by atoms with Crippen molar-refractivity contribution in [1.29, 1.82) is 0 Å². The van der Waals surface area contributed by atoms with Crippen LogP contribution in [0.4, 0.5) is 0 Å². The molecule has 4 nitrogen and oxygen atoms in total. The normalized spacial score (nSPS) is 20.1. The maximum absolute atomic E-state index is 12.0. The third-order valence-electron chi connectivity index (χ3n) is 3.62. The SMILES string of the molecule is O=C(O)CCCCNC(=O)C1CC1c1cccc(Cl)c1Cl. The molecule has 2 rings (SSSR count). The average Bonchev–Trinajstić information content (AvgIpc) is 3.21. The fourth-order valence-electron chi connectivity index (χ4n) is 2.38. The summed E-state index contributed by atoms with van der Waals surface area (Å²) in [4.78, 5) is 22.3. The number of carboxylic acids is 1. The zero-order valence-corrected chi connectivity index (χ0v) is 13.0. The first-order chi connectivity index (χ1) is 10.0. The highest BCUT2D eigenvalue weighted by molar-refractivity contribution is 6.42. The van der Waals surface area contributed by atoms with Crippen LogP contribution in [0.15, 0.2) is 18.2 Å². The van der Waals surface area contributed by atoms with Gasteiger partial charge in [0, 0.05) is 18.9 Å². The van der Waals surface area contributed by atoms with E-state index < -0.39 is 5.97 Å². The molecule has 1 aromatic rings. The predicted molar refractivity (Wildman–Crippen MR) is 81.8 cm³/mol. The van der Waals surface area contributed by atoms with Crippen LogP contribution < -0.4 is 5.32 Å². The van der Waals surface area contributed by atoms with E-state index in [1.54, 1.807) is 6.07 Å². The molecular weight excluding hydrogens is 313 g/mol. The van der Waals surface area contributed by atoms with Gasteiger partial charge in [-0.25, -0.2) is 0 Å². The number of hydrogen-bond donors (Lipinski definition) is 2. The monoisotopic (exact) mass is 329 g/mol. The lowest BCUT2D eigenvalue weighted by molar-refractivity contribution is -0.137. The van der Waals surface area contributed by atoms with Crippen molar-refractivity contribution < 1.29 is 14.7 Å². The summed E-state index contributed by atoms with van der Waals surface area (Å²) < 4.78 is 0. The van der Waals surface area contributed by atoms with Crippen LogP contribution in [0.2, 0.25) is 10.0 Å². The van der Waals surface area contributed by atoms with Gasteiger partial charge in [-0.3, -0.25) is 9.59 Å². The summed E-state index contributed by atoms with van der Waals surface area (Å²) >= 11 is 12.1. The minimum atomic E-state index is -0.806. The summed E-state index contributed by atoms with van der Waals surface area (Å²) in [6.07, 6.45) is 2.16. The molecule has 0 aromatic heterocycles. The molecule has 1 fully saturated rings. The molecule has 1 amide bonds. The minimum Gasteiger partial charge on any atom is -0.481 e. The van der Waals surface area contributed by atoms with Gasteiger partial charge < -0.3 is 10.4 Å². The second-order valence-electron chi connectivity index (χ2n) is 5.23. The lowest BCUT2D eigenvalue weighted by atomic mass is 10.1. The molecule has 1 saturated carbocycles. The number of hydrogen-bond acceptors (Lipinski definition) is 2. The number of unbranched alkanes of at least 4 members (excludes halogenated alkanes) is 1. The van der Waals surface area contributed by atoms with Gasteiger partial charge in [0.25, 0.3) is 0 Å². The van der Waals surface area contributed by atoms with Crippen LogP contribution in [0.5, 0.6) is 0 Å². The molecule has 0 saturated heterocycles. The first-order valence-corrected chi connectivity index (χ1v) is 7.69. The quantitative estimate of drug-likeness (QED) is 0.753. The zero-order chi connectivity index (χ0) is 15.4. The Labute approximate surface area is 133 Å². The van der Waals surface area contributed by atoms with E-state index in [1.807, 2.05) is 12.1 Å². The van der Waals surface area contributed by atoms with Crippen molar-refractivity contribution >= 4 is 35.1 Å². The van der Waals surface area contributed by atoms with Crippen molar-refractivity contribution in [3.63, 3.8) is 0 Å². The molecule has 114 valence electrons. The van der Waals surface area contributed by atoms with E-state index in [0.717, 1.165) is 12.0 Å². The lowest BCUT2D eigenvalue weighted by Gasteiger charge is -2.06. The zero-order valence-electron chi connectivity index (χ0n) is 11.4. The second kappa shape index (κ2) is 7.14. The number of carbonyl (C=O) groups excluding carboxylic acids is 1. The van der Waals surface area contributed by atoms with Crippen LogP contribution >= 0.6 is 23.2 Å². The third kappa shape index (κ3) is 4.35. The molecule has 0 heterocycles. The van der Waals surface area contributed by atoms with Crippen molar-refractivity contribution in [2.24, 2.45) is 5.92 Å². The molecular formula is C15H17Cl2NO3. The van der Waals surface area contributed by atoms with Gasteiger partial charge in [0.15, 0.2) is 0 Å². The summed E-state index contributed by atoms with van der Waals surface area (Å²) in [5.74, 6) is -0.721. The van der Waals surface area contributed by atoms with Crippen molar-refractivity contribution in [2.45, 2.75) is 31.6 Å². The van der Waals surface area contributed by atoms with Crippen molar-refractivity contribution in [3.05, 3.63) is 33.8 Å². The molecule has 1 aliphatic carbocycles. The summed E-state index contributed by atoms with van der Waals surface area (Å²) in [5.41, 5.74) is 0.926. The highest BCUT2D eigenvalue weighted by atomic mass is 35.5. The standard InChI is InChI=1S/C15H17Cl2NO3/c16-12-5-3-4-9(14(12)17)10-8-11(10)15(21)18-7-2-1-6-13(19)20/h3-5,10-11H,1-2,6-8H2,(H,18,21)(H,19,20). The maximum Gasteiger partial charge on any atom is 0.303 e. The molecule has 1 aromatic carbocycles. The molecule has 0 bridgehead atoms. The smallest absolute Gasteiger partial charge is 0.303 e. The number of nitrogens with one attached hydrogen (secondary N) is 1. The Bertz CT molecular complexity index is 548. The Morgan fingerprint density at radius 1 is 1.29 bits per heavy atom. The highest BCUT2D eigenvalue weighted by Gasteiger charge is 2.44. The number of amides is 1. The van der Waals surface area contributed by atoms with Gasteiger partial charge in [0.2, 0.25) is 5.91 Å². The van der Waals surface area contributed by atoms with Crippen LogP contribution in [0.1, 0.15) is 37.2 Å². The molecule has 2 unspecified atom stereocenters. The summed E-state index contributed by atoms with van der Waals surface area (Å²) in [6.45, 7) is 0.513. The van der Waals surface area contributed by atoms with E-state index in [2.05, 4.69) is 5.32 Å². The van der Waals surface area contributed by atoms with Gasteiger partial charge in [-0.15, -0.1) is 0 Å². The van der Waals surface area contributed by atoms with E-state index in [4.69, 9.17) is 28.3 Å². The van der Waals surface area contributed by atoms with E-state index >= 15 is 0 Å². The van der Waals surface area contributed by atoms with Gasteiger partial charge in [-0.1, -0.05) is 35.3 Å². The van der Waals surface area contributed by atoms with Gasteiger partial charge in [-0.2, -0.15) is 0 Å². The number of halogens is 2. The fraction of sp³-hybridized carbons (Fsp3) is 0.467. The second-order valence-corrected chi connectivity index (χ2v) is 6.02. The van der Waals surface area contributed by atoms with Crippen LogP contribution in [-0.2, 0) is 9.59 Å². The first-order valence-electron chi connectivity index (χ1n) is 6.94. The Balaban J connectivity index is 1.76. The molecule has 0 spiro atoms. The topological polar surface area (TPSA) is 66.4 Å². The molecule has 21 heavy (non-hydrogen) atoms. The number of aliphatic carboxylic acids is 1. The molecule has 1 aliphatic rings. The largest absolute Gasteiger partial charge is 0.481 e. The first kappa shape index (κ1) is 16.1.